The molecule has 0 aliphatic rings. The zero-order valence-electron chi connectivity index (χ0n) is 15.2. The van der Waals surface area contributed by atoms with Crippen LogP contribution in [0.1, 0.15) is 29.0 Å². The molecule has 1 amide bonds. The summed E-state index contributed by atoms with van der Waals surface area (Å²) in [6.07, 6.45) is 4.62. The summed E-state index contributed by atoms with van der Waals surface area (Å²) >= 11 is 6.18. The van der Waals surface area contributed by atoms with Gasteiger partial charge in [-0.05, 0) is 24.3 Å². The minimum atomic E-state index is -0.913. The van der Waals surface area contributed by atoms with Crippen molar-refractivity contribution in [2.45, 2.75) is 13.0 Å². The first-order valence-electron chi connectivity index (χ1n) is 8.68. The summed E-state index contributed by atoms with van der Waals surface area (Å²) in [5.41, 5.74) is 1.43. The van der Waals surface area contributed by atoms with Gasteiger partial charge in [-0.15, -0.1) is 0 Å². The van der Waals surface area contributed by atoms with Crippen molar-refractivity contribution in [1.82, 2.24) is 24.8 Å². The van der Waals surface area contributed by atoms with Crippen LogP contribution in [0.15, 0.2) is 59.3 Å². The minimum Gasteiger partial charge on any atom is -0.340 e. The quantitative estimate of drug-likeness (QED) is 0.506. The van der Waals surface area contributed by atoms with Gasteiger partial charge in [0, 0.05) is 24.8 Å². The predicted molar refractivity (Wildman–Crippen MR) is 105 cm³/mol. The Morgan fingerprint density at radius 3 is 2.79 bits per heavy atom. The Labute approximate surface area is 169 Å². The highest BCUT2D eigenvalue weighted by Crippen LogP contribution is 2.23. The predicted octanol–water partition coefficient (Wildman–Crippen LogP) is 3.74. The average molecular weight is 412 g/mol. The maximum Gasteiger partial charge on any atom is 0.244 e. The number of halogens is 2. The number of benzene rings is 1. The summed E-state index contributed by atoms with van der Waals surface area (Å²) in [7, 11) is 0. The van der Waals surface area contributed by atoms with Gasteiger partial charge >= 0.3 is 0 Å². The highest BCUT2D eigenvalue weighted by atomic mass is 35.5. The number of nitrogens with one attached hydrogen (secondary N) is 1. The van der Waals surface area contributed by atoms with E-state index in [1.807, 2.05) is 12.1 Å². The van der Waals surface area contributed by atoms with E-state index in [1.54, 1.807) is 41.8 Å². The van der Waals surface area contributed by atoms with Gasteiger partial charge in [-0.25, -0.2) is 9.37 Å². The molecule has 0 saturated carbocycles. The van der Waals surface area contributed by atoms with E-state index in [0.717, 1.165) is 0 Å². The molecule has 1 N–H and O–H groups in total. The Morgan fingerprint density at radius 2 is 2.03 bits per heavy atom. The maximum absolute atomic E-state index is 14.3. The zero-order valence-corrected chi connectivity index (χ0v) is 16.0. The number of amides is 1. The smallest absolute Gasteiger partial charge is 0.244 e. The molecule has 0 aliphatic carbocycles. The molecule has 0 spiro atoms. The molecule has 0 saturated heterocycles. The van der Waals surface area contributed by atoms with E-state index in [2.05, 4.69) is 20.4 Å². The zero-order chi connectivity index (χ0) is 20.4. The lowest BCUT2D eigenvalue weighted by Crippen LogP contribution is -2.29. The Bertz CT molecular complexity index is 1220. The molecular weight excluding hydrogens is 397 g/mol. The number of aryl methyl sites for hydroxylation is 1. The fourth-order valence-electron chi connectivity index (χ4n) is 2.90. The van der Waals surface area contributed by atoms with Crippen LogP contribution in [0.4, 0.5) is 4.39 Å². The van der Waals surface area contributed by atoms with E-state index < -0.39 is 17.8 Å². The van der Waals surface area contributed by atoms with Gasteiger partial charge in [0.05, 0.1) is 5.69 Å². The minimum absolute atomic E-state index is 0.155. The van der Waals surface area contributed by atoms with Crippen LogP contribution >= 0.6 is 11.6 Å². The summed E-state index contributed by atoms with van der Waals surface area (Å²) in [6, 6.07) is 10.6. The molecule has 7 nitrogen and oxygen atoms in total. The number of carbonyl (C=O) groups excluding carboxylic acids is 1. The van der Waals surface area contributed by atoms with Crippen LogP contribution in [0.5, 0.6) is 0 Å². The third-order valence-corrected chi connectivity index (χ3v) is 4.50. The second kappa shape index (κ2) is 7.84. The van der Waals surface area contributed by atoms with Crippen molar-refractivity contribution in [3.05, 3.63) is 88.7 Å². The van der Waals surface area contributed by atoms with Gasteiger partial charge < -0.3 is 9.84 Å². The first kappa shape index (κ1) is 18.8. The van der Waals surface area contributed by atoms with E-state index in [0.29, 0.717) is 17.2 Å². The van der Waals surface area contributed by atoms with Crippen molar-refractivity contribution in [2.24, 2.45) is 0 Å². The summed E-state index contributed by atoms with van der Waals surface area (Å²) in [4.78, 5) is 20.9. The van der Waals surface area contributed by atoms with Crippen LogP contribution in [0.2, 0.25) is 5.15 Å². The number of carbonyl (C=O) groups is 1. The molecule has 9 heteroatoms. The van der Waals surface area contributed by atoms with Gasteiger partial charge in [0.2, 0.25) is 11.8 Å². The Balaban J connectivity index is 1.62. The van der Waals surface area contributed by atoms with Crippen molar-refractivity contribution in [2.75, 3.05) is 0 Å². The summed E-state index contributed by atoms with van der Waals surface area (Å²) < 4.78 is 21.1. The molecule has 4 rings (SSSR count). The summed E-state index contributed by atoms with van der Waals surface area (Å²) in [5.74, 6) is -0.512. The molecule has 29 heavy (non-hydrogen) atoms. The monoisotopic (exact) mass is 411 g/mol. The molecule has 0 aliphatic heterocycles. The lowest BCUT2D eigenvalue weighted by atomic mass is 10.1. The number of aromatic nitrogens is 4. The maximum atomic E-state index is 14.3. The third kappa shape index (κ3) is 3.88. The van der Waals surface area contributed by atoms with Gasteiger partial charge in [-0.2, -0.15) is 4.98 Å². The SMILES string of the molecule is Cc1nc(C(NC(=O)/C=C/c2c(Cl)nc3ccccn23)c2ccccc2F)no1. The molecule has 0 radical (unpaired) electrons. The Morgan fingerprint density at radius 1 is 1.24 bits per heavy atom. The van der Waals surface area contributed by atoms with Gasteiger partial charge in [0.15, 0.2) is 11.0 Å². The van der Waals surface area contributed by atoms with Crippen molar-refractivity contribution in [3.8, 4) is 0 Å². The van der Waals surface area contributed by atoms with E-state index in [9.17, 15) is 9.18 Å². The van der Waals surface area contributed by atoms with Gasteiger partial charge in [-0.1, -0.05) is 41.0 Å². The summed E-state index contributed by atoms with van der Waals surface area (Å²) in [6.45, 7) is 1.61. The highest BCUT2D eigenvalue weighted by molar-refractivity contribution is 6.31. The molecule has 1 unspecified atom stereocenters. The van der Waals surface area contributed by atoms with E-state index in [-0.39, 0.29) is 16.5 Å². The number of hydrogen-bond donors (Lipinski definition) is 1. The molecule has 146 valence electrons. The van der Waals surface area contributed by atoms with Crippen LogP contribution in [0.25, 0.3) is 11.7 Å². The molecule has 1 atom stereocenters. The van der Waals surface area contributed by atoms with E-state index >= 15 is 0 Å². The first-order chi connectivity index (χ1) is 14.0. The molecule has 0 bridgehead atoms. The fraction of sp³-hybridized carbons (Fsp3) is 0.100. The second-order valence-corrected chi connectivity index (χ2v) is 6.54. The molecular formula is C20H15ClFN5O2. The van der Waals surface area contributed by atoms with Crippen molar-refractivity contribution < 1.29 is 13.7 Å². The van der Waals surface area contributed by atoms with Crippen LogP contribution in [0.3, 0.4) is 0 Å². The van der Waals surface area contributed by atoms with Gasteiger partial charge in [0.25, 0.3) is 0 Å². The van der Waals surface area contributed by atoms with Crippen LogP contribution in [0, 0.1) is 12.7 Å². The lowest BCUT2D eigenvalue weighted by Gasteiger charge is -2.15. The molecule has 1 aromatic carbocycles. The number of fused-ring (bicyclic) bond motifs is 1. The highest BCUT2D eigenvalue weighted by Gasteiger charge is 2.24. The normalized spacial score (nSPS) is 12.5. The van der Waals surface area contributed by atoms with E-state index in [1.165, 1.54) is 18.2 Å². The Kier molecular flexibility index (Phi) is 5.09. The largest absolute Gasteiger partial charge is 0.340 e. The fourth-order valence-corrected chi connectivity index (χ4v) is 3.14. The van der Waals surface area contributed by atoms with Crippen molar-refractivity contribution in [3.63, 3.8) is 0 Å². The molecule has 0 fully saturated rings. The molecule has 3 heterocycles. The number of pyridine rings is 1. The Hall–Kier alpha value is -3.52. The topological polar surface area (TPSA) is 85.3 Å². The number of hydrogen-bond acceptors (Lipinski definition) is 5. The lowest BCUT2D eigenvalue weighted by molar-refractivity contribution is -0.117. The standard InChI is InChI=1S/C20H15ClFN5O2/c1-12-23-20(26-29-12)18(13-6-2-3-7-14(13)22)25-17(28)10-9-15-19(21)24-16-8-4-5-11-27(15)16/h2-11,18H,1H3,(H,25,28)/b10-9+. The number of imidazole rings is 1. The molecule has 3 aromatic heterocycles. The number of nitrogens with zero attached hydrogens (tertiary/aromatic N) is 4. The van der Waals surface area contributed by atoms with Crippen LogP contribution in [-0.2, 0) is 4.79 Å². The number of rotatable bonds is 5. The van der Waals surface area contributed by atoms with Crippen LogP contribution < -0.4 is 5.32 Å². The molecule has 4 aromatic rings. The van der Waals surface area contributed by atoms with Crippen LogP contribution in [-0.4, -0.2) is 25.4 Å². The van der Waals surface area contributed by atoms with Crippen molar-refractivity contribution >= 4 is 29.2 Å². The van der Waals surface area contributed by atoms with Gasteiger partial charge in [0.1, 0.15) is 17.5 Å². The van der Waals surface area contributed by atoms with E-state index in [4.69, 9.17) is 16.1 Å². The third-order valence-electron chi connectivity index (χ3n) is 4.22. The second-order valence-electron chi connectivity index (χ2n) is 6.18. The van der Waals surface area contributed by atoms with Gasteiger partial charge in [-0.3, -0.25) is 9.20 Å². The van der Waals surface area contributed by atoms with Crippen molar-refractivity contribution in [1.29, 1.82) is 0 Å². The summed E-state index contributed by atoms with van der Waals surface area (Å²) in [5, 5.41) is 6.80. The average Bonchev–Trinajstić information content (AvgIpc) is 3.27. The first-order valence-corrected chi connectivity index (χ1v) is 9.06.